The van der Waals surface area contributed by atoms with Crippen LogP contribution in [0, 0.1) is 26.2 Å². The quantitative estimate of drug-likeness (QED) is 0.399. The number of aromatic nitrogens is 2. The fourth-order valence-corrected chi connectivity index (χ4v) is 2.65. The van der Waals surface area contributed by atoms with E-state index in [0.717, 1.165) is 12.1 Å². The molecule has 30 heavy (non-hydrogen) atoms. The van der Waals surface area contributed by atoms with Gasteiger partial charge in [-0.1, -0.05) is 23.2 Å². The Bertz CT molecular complexity index is 973. The van der Waals surface area contributed by atoms with Crippen LogP contribution >= 0.6 is 0 Å². The molecular formula is C20H21F3N4O3. The van der Waals surface area contributed by atoms with E-state index in [9.17, 15) is 18.0 Å². The average molecular weight is 422 g/mol. The van der Waals surface area contributed by atoms with Crippen molar-refractivity contribution in [3.05, 3.63) is 46.6 Å². The third kappa shape index (κ3) is 5.11. The zero-order valence-corrected chi connectivity index (χ0v) is 16.9. The van der Waals surface area contributed by atoms with Crippen molar-refractivity contribution in [2.45, 2.75) is 33.7 Å². The third-order valence-electron chi connectivity index (χ3n) is 4.30. The molecule has 1 aromatic carbocycles. The highest BCUT2D eigenvalue weighted by atomic mass is 19.4. The van der Waals surface area contributed by atoms with E-state index in [2.05, 4.69) is 16.2 Å². The van der Waals surface area contributed by atoms with Crippen LogP contribution in [-0.2, 0) is 22.5 Å². The second-order valence-electron chi connectivity index (χ2n) is 6.30. The van der Waals surface area contributed by atoms with Gasteiger partial charge in [-0.2, -0.15) is 18.3 Å². The van der Waals surface area contributed by atoms with Gasteiger partial charge in [0.25, 0.3) is 0 Å². The van der Waals surface area contributed by atoms with Gasteiger partial charge in [0.2, 0.25) is 6.73 Å². The van der Waals surface area contributed by atoms with Crippen LogP contribution in [0.4, 0.5) is 23.8 Å². The van der Waals surface area contributed by atoms with Gasteiger partial charge in [-0.15, -0.1) is 6.42 Å². The molecule has 2 rings (SSSR count). The second kappa shape index (κ2) is 9.35. The fourth-order valence-electron chi connectivity index (χ4n) is 2.65. The molecule has 0 saturated carbocycles. The van der Waals surface area contributed by atoms with Crippen LogP contribution in [0.3, 0.4) is 0 Å². The average Bonchev–Trinajstić information content (AvgIpc) is 2.98. The Balaban J connectivity index is 2.20. The van der Waals surface area contributed by atoms with Crippen molar-refractivity contribution in [3.63, 3.8) is 0 Å². The molecule has 0 radical (unpaired) electrons. The summed E-state index contributed by atoms with van der Waals surface area (Å²) in [5, 5.41) is 8.25. The van der Waals surface area contributed by atoms with Crippen LogP contribution in [0.25, 0.3) is 0 Å². The lowest BCUT2D eigenvalue weighted by Gasteiger charge is -2.20. The molecule has 0 N–H and O–H groups in total. The maximum atomic E-state index is 12.7. The van der Waals surface area contributed by atoms with Crippen molar-refractivity contribution in [2.75, 3.05) is 18.6 Å². The van der Waals surface area contributed by atoms with E-state index < -0.39 is 17.8 Å². The largest absolute Gasteiger partial charge is 0.452 e. The molecule has 7 nitrogen and oxygen atoms in total. The van der Waals surface area contributed by atoms with E-state index in [0.29, 0.717) is 28.4 Å². The number of aryl methyl sites for hydroxylation is 1. The Labute approximate surface area is 172 Å². The number of oxime groups is 1. The van der Waals surface area contributed by atoms with Gasteiger partial charge in [-0.25, -0.2) is 14.4 Å². The lowest BCUT2D eigenvalue weighted by Crippen LogP contribution is -2.33. The monoisotopic (exact) mass is 422 g/mol. The number of amides is 1. The number of rotatable bonds is 6. The smallest absolute Gasteiger partial charge is 0.416 e. The molecule has 1 aromatic heterocycles. The predicted molar refractivity (Wildman–Crippen MR) is 105 cm³/mol. The molecule has 2 aromatic rings. The molecule has 1 heterocycles. The number of methoxy groups -OCH3 is 1. The van der Waals surface area contributed by atoms with Crippen LogP contribution in [0.15, 0.2) is 29.4 Å². The van der Waals surface area contributed by atoms with Gasteiger partial charge >= 0.3 is 12.3 Å². The number of alkyl halides is 3. The SMILES string of the molecule is C#CCN(C(=O)OC)c1c(C)c(C)nn1CO/N=C(\C)c1ccc(C(F)(F)F)cc1. The number of hydrogen-bond donors (Lipinski definition) is 0. The minimum atomic E-state index is -4.41. The van der Waals surface area contributed by atoms with Crippen molar-refractivity contribution in [1.82, 2.24) is 9.78 Å². The summed E-state index contributed by atoms with van der Waals surface area (Å²) < 4.78 is 44.2. The van der Waals surface area contributed by atoms with E-state index >= 15 is 0 Å². The zero-order valence-electron chi connectivity index (χ0n) is 16.9. The van der Waals surface area contributed by atoms with E-state index in [1.807, 2.05) is 0 Å². The van der Waals surface area contributed by atoms with E-state index in [1.54, 1.807) is 20.8 Å². The molecule has 160 valence electrons. The highest BCUT2D eigenvalue weighted by Gasteiger charge is 2.30. The number of carbonyl (C=O) groups is 1. The highest BCUT2D eigenvalue weighted by molar-refractivity contribution is 5.98. The summed E-state index contributed by atoms with van der Waals surface area (Å²) in [6.45, 7) is 4.95. The van der Waals surface area contributed by atoms with Crippen molar-refractivity contribution >= 4 is 17.6 Å². The number of benzene rings is 1. The Hall–Kier alpha value is -3.48. The summed E-state index contributed by atoms with van der Waals surface area (Å²) in [6, 6.07) is 4.57. The Morgan fingerprint density at radius 2 is 1.93 bits per heavy atom. The van der Waals surface area contributed by atoms with E-state index in [4.69, 9.17) is 16.0 Å². The number of ether oxygens (including phenoxy) is 1. The Morgan fingerprint density at radius 3 is 2.47 bits per heavy atom. The molecule has 10 heteroatoms. The summed E-state index contributed by atoms with van der Waals surface area (Å²) in [5.41, 5.74) is 1.47. The summed E-state index contributed by atoms with van der Waals surface area (Å²) in [5.74, 6) is 2.79. The topological polar surface area (TPSA) is 69.0 Å². The van der Waals surface area contributed by atoms with E-state index in [-0.39, 0.29) is 13.3 Å². The molecule has 0 saturated heterocycles. The number of nitrogens with zero attached hydrogens (tertiary/aromatic N) is 4. The first-order valence-electron chi connectivity index (χ1n) is 8.77. The van der Waals surface area contributed by atoms with Gasteiger partial charge in [0.05, 0.1) is 30.6 Å². The normalized spacial score (nSPS) is 11.7. The lowest BCUT2D eigenvalue weighted by atomic mass is 10.1. The lowest BCUT2D eigenvalue weighted by molar-refractivity contribution is -0.137. The molecule has 0 spiro atoms. The standard InChI is InChI=1S/C20H21F3N4O3/c1-6-11-26(19(28)29-5)18-13(2)14(3)24-27(18)12-30-25-15(4)16-7-9-17(10-8-16)20(21,22)23/h1,7-10H,11-12H2,2-5H3/b25-15+. The molecule has 0 fully saturated rings. The van der Waals surface area contributed by atoms with Crippen LogP contribution in [0.5, 0.6) is 0 Å². The van der Waals surface area contributed by atoms with Gasteiger partial charge in [-0.05, 0) is 38.5 Å². The van der Waals surface area contributed by atoms with Gasteiger partial charge in [0.15, 0.2) is 0 Å². The molecule has 0 bridgehead atoms. The van der Waals surface area contributed by atoms with Crippen LogP contribution < -0.4 is 4.90 Å². The van der Waals surface area contributed by atoms with Gasteiger partial charge in [0.1, 0.15) is 5.82 Å². The molecule has 0 atom stereocenters. The summed E-state index contributed by atoms with van der Waals surface area (Å²) in [6.07, 6.45) is 0.297. The number of hydrogen-bond acceptors (Lipinski definition) is 5. The zero-order chi connectivity index (χ0) is 22.5. The van der Waals surface area contributed by atoms with Crippen molar-refractivity contribution < 1.29 is 27.5 Å². The minimum Gasteiger partial charge on any atom is -0.452 e. The molecule has 0 aliphatic heterocycles. The van der Waals surface area contributed by atoms with Gasteiger partial charge in [-0.3, -0.25) is 0 Å². The molecule has 0 aliphatic rings. The first kappa shape index (κ1) is 22.8. The fraction of sp³-hybridized carbons (Fsp3) is 0.350. The van der Waals surface area contributed by atoms with E-state index in [1.165, 1.54) is 28.8 Å². The molecule has 1 amide bonds. The predicted octanol–water partition coefficient (Wildman–Crippen LogP) is 4.12. The third-order valence-corrected chi connectivity index (χ3v) is 4.30. The maximum Gasteiger partial charge on any atom is 0.416 e. The number of carbonyl (C=O) groups excluding carboxylic acids is 1. The van der Waals surface area contributed by atoms with Gasteiger partial charge < -0.3 is 9.57 Å². The maximum absolute atomic E-state index is 12.7. The number of terminal acetylenes is 1. The highest BCUT2D eigenvalue weighted by Crippen LogP contribution is 2.29. The Morgan fingerprint density at radius 1 is 1.30 bits per heavy atom. The first-order valence-corrected chi connectivity index (χ1v) is 8.77. The van der Waals surface area contributed by atoms with Crippen LogP contribution in [0.2, 0.25) is 0 Å². The first-order chi connectivity index (χ1) is 14.1. The molecule has 0 unspecified atom stereocenters. The number of anilines is 1. The number of halogens is 3. The van der Waals surface area contributed by atoms with Gasteiger partial charge in [0, 0.05) is 5.56 Å². The molecular weight excluding hydrogens is 401 g/mol. The van der Waals surface area contributed by atoms with Crippen molar-refractivity contribution in [2.24, 2.45) is 5.16 Å². The summed E-state index contributed by atoms with van der Waals surface area (Å²) >= 11 is 0. The van der Waals surface area contributed by atoms with Crippen molar-refractivity contribution in [1.29, 1.82) is 0 Å². The second-order valence-corrected chi connectivity index (χ2v) is 6.30. The molecule has 0 aliphatic carbocycles. The minimum absolute atomic E-state index is 0.0352. The summed E-state index contributed by atoms with van der Waals surface area (Å²) in [7, 11) is 1.24. The van der Waals surface area contributed by atoms with Crippen LogP contribution in [0.1, 0.15) is 29.3 Å². The van der Waals surface area contributed by atoms with Crippen LogP contribution in [-0.4, -0.2) is 35.2 Å². The van der Waals surface area contributed by atoms with Crippen molar-refractivity contribution in [3.8, 4) is 12.3 Å². The Kier molecular flexibility index (Phi) is 7.10. The summed E-state index contributed by atoms with van der Waals surface area (Å²) in [4.78, 5) is 18.7.